The van der Waals surface area contributed by atoms with E-state index in [4.69, 9.17) is 11.6 Å². The van der Waals surface area contributed by atoms with Crippen LogP contribution in [0.25, 0.3) is 5.78 Å². The van der Waals surface area contributed by atoms with Gasteiger partial charge >= 0.3 is 0 Å². The van der Waals surface area contributed by atoms with Gasteiger partial charge in [-0.1, -0.05) is 42.2 Å². The molecule has 0 unspecified atom stereocenters. The molecular formula is C23H25BClFN6O2. The molecule has 0 atom stereocenters. The zero-order valence-corrected chi connectivity index (χ0v) is 19.7. The molecule has 3 aliphatic rings. The Morgan fingerprint density at radius 2 is 1.82 bits per heavy atom. The number of carbonyl (C=O) groups is 2. The second-order valence-corrected chi connectivity index (χ2v) is 10.3. The van der Waals surface area contributed by atoms with Crippen LogP contribution in [0.15, 0.2) is 30.6 Å². The highest BCUT2D eigenvalue weighted by molar-refractivity contribution is 6.30. The Morgan fingerprint density at radius 3 is 2.53 bits per heavy atom. The van der Waals surface area contributed by atoms with E-state index >= 15 is 0 Å². The normalized spacial score (nSPS) is 23.7. The van der Waals surface area contributed by atoms with Crippen molar-refractivity contribution in [1.82, 2.24) is 30.2 Å². The summed E-state index contributed by atoms with van der Waals surface area (Å²) < 4.78 is 14.7. The van der Waals surface area contributed by atoms with Gasteiger partial charge < -0.3 is 10.6 Å². The molecule has 3 aliphatic carbocycles. The number of fused-ring (bicyclic) bond motifs is 4. The number of aromatic nitrogens is 4. The number of nitrogens with one attached hydrogen (secondary N) is 2. The molecule has 2 amide bonds. The maximum atomic E-state index is 13.4. The van der Waals surface area contributed by atoms with E-state index < -0.39 is 11.7 Å². The fraction of sp³-hybridized carbons (Fsp3) is 0.435. The van der Waals surface area contributed by atoms with E-state index in [1.807, 2.05) is 0 Å². The first-order valence-corrected chi connectivity index (χ1v) is 11.8. The van der Waals surface area contributed by atoms with Crippen LogP contribution in [-0.2, 0) is 6.54 Å². The molecular weight excluding hydrogens is 458 g/mol. The zero-order chi connectivity index (χ0) is 23.9. The summed E-state index contributed by atoms with van der Waals surface area (Å²) in [5.74, 6) is -1.17. The first kappa shape index (κ1) is 22.8. The monoisotopic (exact) mass is 482 g/mol. The number of rotatable bonds is 6. The summed E-state index contributed by atoms with van der Waals surface area (Å²) in [6.45, 7) is 0.731. The van der Waals surface area contributed by atoms with Gasteiger partial charge in [0.1, 0.15) is 31.4 Å². The molecule has 3 aromatic rings. The minimum absolute atomic E-state index is 0.0197. The SMILES string of the molecule is BC12CCC(CNC(=O)c3cc(C(=O)NCc4ccc(F)c(Cl)c4)nc4ncnn34)(CC1)CC2. The molecule has 34 heavy (non-hydrogen) atoms. The number of benzene rings is 1. The molecule has 0 radical (unpaired) electrons. The standard InChI is InChI=1S/C23H25BClFN6O2/c24-23-6-3-22(4-7-23,5-8-23)12-28-20(34)18-10-17(31-21-29-13-30-32(18)21)19(33)27-11-14-1-2-16(26)15(25)9-14/h1-2,9-10,13H,3-8,11-12,24H2,(H,27,33)(H,28,34). The predicted octanol–water partition coefficient (Wildman–Crippen LogP) is 2.72. The van der Waals surface area contributed by atoms with Crippen molar-refractivity contribution < 1.29 is 14.0 Å². The van der Waals surface area contributed by atoms with Crippen LogP contribution < -0.4 is 10.6 Å². The Bertz CT molecular complexity index is 1260. The van der Waals surface area contributed by atoms with E-state index in [1.54, 1.807) is 0 Å². The highest BCUT2D eigenvalue weighted by atomic mass is 35.5. The van der Waals surface area contributed by atoms with Crippen molar-refractivity contribution in [1.29, 1.82) is 0 Å². The molecule has 0 spiro atoms. The third kappa shape index (κ3) is 4.38. The quantitative estimate of drug-likeness (QED) is 0.526. The molecule has 6 rings (SSSR count). The number of amides is 2. The number of hydrogen-bond acceptors (Lipinski definition) is 5. The van der Waals surface area contributed by atoms with Crippen molar-refractivity contribution in [2.24, 2.45) is 5.41 Å². The van der Waals surface area contributed by atoms with Crippen molar-refractivity contribution in [3.8, 4) is 0 Å². The van der Waals surface area contributed by atoms with Gasteiger partial charge in [0, 0.05) is 19.2 Å². The van der Waals surface area contributed by atoms with Gasteiger partial charge in [0.15, 0.2) is 0 Å². The smallest absolute Gasteiger partial charge is 0.270 e. The maximum absolute atomic E-state index is 13.4. The van der Waals surface area contributed by atoms with Crippen LogP contribution in [0.2, 0.25) is 10.3 Å². The van der Waals surface area contributed by atoms with Crippen molar-refractivity contribution in [3.05, 3.63) is 58.4 Å². The van der Waals surface area contributed by atoms with Gasteiger partial charge in [0.25, 0.3) is 17.6 Å². The largest absolute Gasteiger partial charge is 0.350 e. The summed E-state index contributed by atoms with van der Waals surface area (Å²) in [5.41, 5.74) is 1.03. The Morgan fingerprint density at radius 1 is 1.09 bits per heavy atom. The molecule has 176 valence electrons. The number of halogens is 2. The summed E-state index contributed by atoms with van der Waals surface area (Å²) in [7, 11) is 2.37. The van der Waals surface area contributed by atoms with Crippen LogP contribution in [0.3, 0.4) is 0 Å². The van der Waals surface area contributed by atoms with Gasteiger partial charge in [-0.2, -0.15) is 14.6 Å². The maximum Gasteiger partial charge on any atom is 0.270 e. The lowest BCUT2D eigenvalue weighted by atomic mass is 9.46. The van der Waals surface area contributed by atoms with Crippen LogP contribution >= 0.6 is 11.6 Å². The second-order valence-electron chi connectivity index (χ2n) is 9.92. The Balaban J connectivity index is 1.30. The van der Waals surface area contributed by atoms with Crippen molar-refractivity contribution in [3.63, 3.8) is 0 Å². The average molecular weight is 483 g/mol. The minimum Gasteiger partial charge on any atom is -0.350 e. The molecule has 11 heteroatoms. The lowest BCUT2D eigenvalue weighted by Crippen LogP contribution is -2.45. The third-order valence-corrected chi connectivity index (χ3v) is 7.84. The highest BCUT2D eigenvalue weighted by Gasteiger charge is 2.46. The van der Waals surface area contributed by atoms with Gasteiger partial charge in [-0.3, -0.25) is 9.59 Å². The number of nitrogens with zero attached hydrogens (tertiary/aromatic N) is 4. The molecule has 3 saturated carbocycles. The van der Waals surface area contributed by atoms with Crippen molar-refractivity contribution in [2.75, 3.05) is 6.54 Å². The fourth-order valence-electron chi connectivity index (χ4n) is 5.09. The van der Waals surface area contributed by atoms with Crippen molar-refractivity contribution in [2.45, 2.75) is 50.4 Å². The Labute approximate surface area is 202 Å². The van der Waals surface area contributed by atoms with E-state index in [0.717, 1.165) is 19.3 Å². The van der Waals surface area contributed by atoms with Crippen molar-refractivity contribution >= 4 is 37.0 Å². The Kier molecular flexibility index (Phi) is 5.79. The predicted molar refractivity (Wildman–Crippen MR) is 127 cm³/mol. The first-order valence-electron chi connectivity index (χ1n) is 11.5. The first-order chi connectivity index (χ1) is 16.3. The summed E-state index contributed by atoms with van der Waals surface area (Å²) in [4.78, 5) is 34.2. The summed E-state index contributed by atoms with van der Waals surface area (Å²) in [6, 6.07) is 5.64. The summed E-state index contributed by atoms with van der Waals surface area (Å²) in [6.07, 6.45) is 8.28. The highest BCUT2D eigenvalue weighted by Crippen LogP contribution is 2.59. The van der Waals surface area contributed by atoms with Gasteiger partial charge in [0.05, 0.1) is 5.02 Å². The van der Waals surface area contributed by atoms with Crippen LogP contribution in [-0.4, -0.2) is 45.8 Å². The number of carbonyl (C=O) groups excluding carboxylic acids is 2. The third-order valence-electron chi connectivity index (χ3n) is 7.55. The molecule has 8 nitrogen and oxygen atoms in total. The van der Waals surface area contributed by atoms with E-state index in [9.17, 15) is 14.0 Å². The Hall–Kier alpha value is -3.01. The van der Waals surface area contributed by atoms with Crippen LogP contribution in [0, 0.1) is 11.2 Å². The molecule has 2 N–H and O–H groups in total. The summed E-state index contributed by atoms with van der Waals surface area (Å²) >= 11 is 5.81. The molecule has 0 aliphatic heterocycles. The topological polar surface area (TPSA) is 101 Å². The van der Waals surface area contributed by atoms with Crippen LogP contribution in [0.5, 0.6) is 0 Å². The molecule has 2 aromatic heterocycles. The van der Waals surface area contributed by atoms with E-state index in [1.165, 1.54) is 54.4 Å². The van der Waals surface area contributed by atoms with E-state index in [0.29, 0.717) is 17.4 Å². The average Bonchev–Trinajstić information content (AvgIpc) is 3.32. The lowest BCUT2D eigenvalue weighted by molar-refractivity contribution is 0.0664. The van der Waals surface area contributed by atoms with E-state index in [2.05, 4.69) is 33.5 Å². The molecule has 2 heterocycles. The fourth-order valence-corrected chi connectivity index (χ4v) is 5.29. The van der Waals surface area contributed by atoms with Crippen LogP contribution in [0.1, 0.15) is 65.1 Å². The van der Waals surface area contributed by atoms with Gasteiger partial charge in [0.2, 0.25) is 0 Å². The van der Waals surface area contributed by atoms with Crippen LogP contribution in [0.4, 0.5) is 4.39 Å². The molecule has 0 saturated heterocycles. The second kappa shape index (κ2) is 8.65. The molecule has 2 bridgehead atoms. The minimum atomic E-state index is -0.527. The summed E-state index contributed by atoms with van der Waals surface area (Å²) in [5, 5.41) is 10.3. The van der Waals surface area contributed by atoms with Gasteiger partial charge in [-0.25, -0.2) is 9.37 Å². The van der Waals surface area contributed by atoms with Gasteiger partial charge in [-0.05, 0) is 42.4 Å². The zero-order valence-electron chi connectivity index (χ0n) is 18.9. The van der Waals surface area contributed by atoms with Gasteiger partial charge in [-0.15, -0.1) is 0 Å². The number of hydrogen-bond donors (Lipinski definition) is 2. The lowest BCUT2D eigenvalue weighted by Gasteiger charge is -2.52. The van der Waals surface area contributed by atoms with E-state index in [-0.39, 0.29) is 40.1 Å². The molecule has 3 fully saturated rings. The molecule has 1 aromatic carbocycles.